The first-order valence-corrected chi connectivity index (χ1v) is 13.3. The largest absolute Gasteiger partial charge is 0.469 e. The number of hydrogen-bond acceptors (Lipinski definition) is 4. The zero-order chi connectivity index (χ0) is 28.4. The van der Waals surface area contributed by atoms with Gasteiger partial charge < -0.3 is 4.74 Å². The Morgan fingerprint density at radius 1 is 0.861 bits per heavy atom. The predicted octanol–water partition coefficient (Wildman–Crippen LogP) is -7.79. The van der Waals surface area contributed by atoms with Gasteiger partial charge in [0.05, 0.1) is 13.5 Å². The second-order valence-electron chi connectivity index (χ2n) is 8.63. The standard InChI is InChI=1S/C6H11BO2S.C2H5BS.2B11/c1-9-6(8)2-3-10-5-4-7-5;4-2-1-3-2;2*1-7-10(6)11(8(2)3)9(4)5/h5,7H,2-4H2,1H3;2-4H,1H2;;. The minimum absolute atomic E-state index is 0.0897. The first kappa shape index (κ1) is 39.9. The number of carbonyl (C=O) groups excluding carboxylic acids is 1. The maximum absolute atomic E-state index is 10.6. The molecule has 0 bridgehead atoms. The van der Waals surface area contributed by atoms with Crippen molar-refractivity contribution >= 4 is 203 Å². The number of ether oxygens (including phenoxy) is 1. The quantitative estimate of drug-likeness (QED) is 0.175. The van der Waals surface area contributed by atoms with Gasteiger partial charge in [-0.25, -0.2) is 0 Å². The Morgan fingerprint density at radius 2 is 1.19 bits per heavy atom. The van der Waals surface area contributed by atoms with Crippen molar-refractivity contribution in [1.82, 2.24) is 0 Å². The summed E-state index contributed by atoms with van der Waals surface area (Å²) in [6.45, 7) is 0. The number of thioether (sulfide) groups is 1. The fraction of sp³-hybridized carbons (Fsp3) is 0.875. The highest BCUT2D eigenvalue weighted by Gasteiger charge is 2.27. The molecule has 0 aromatic heterocycles. The summed E-state index contributed by atoms with van der Waals surface area (Å²) in [4.78, 5) is 10.6. The third-order valence-electron chi connectivity index (χ3n) is 5.07. The Balaban J connectivity index is 0. The van der Waals surface area contributed by atoms with Gasteiger partial charge in [-0.2, -0.15) is 24.4 Å². The van der Waals surface area contributed by atoms with Crippen LogP contribution in [-0.4, -0.2) is 202 Å². The Bertz CT molecular complexity index is 494. The topological polar surface area (TPSA) is 26.3 Å². The van der Waals surface area contributed by atoms with Gasteiger partial charge >= 0.3 is 5.97 Å². The smallest absolute Gasteiger partial charge is 0.306 e. The molecule has 2 nitrogen and oxygen atoms in total. The van der Waals surface area contributed by atoms with Crippen molar-refractivity contribution in [3.05, 3.63) is 0 Å². The molecule has 28 heteroatoms. The van der Waals surface area contributed by atoms with E-state index in [1.165, 1.54) is 48.4 Å². The lowest BCUT2D eigenvalue weighted by Crippen LogP contribution is -2.63. The van der Waals surface area contributed by atoms with Crippen LogP contribution in [0.15, 0.2) is 0 Å². The van der Waals surface area contributed by atoms with Crippen LogP contribution in [0.2, 0.25) is 12.6 Å². The molecule has 144 valence electrons. The summed E-state index contributed by atoms with van der Waals surface area (Å²) in [5, 5.41) is 1.63. The molecule has 2 unspecified atom stereocenters. The highest BCUT2D eigenvalue weighted by Crippen LogP contribution is 2.26. The number of thiol groups is 1. The van der Waals surface area contributed by atoms with Crippen molar-refractivity contribution in [3.63, 3.8) is 0 Å². The van der Waals surface area contributed by atoms with Crippen molar-refractivity contribution in [2.75, 3.05) is 12.9 Å². The molecule has 0 amide bonds. The first-order chi connectivity index (χ1) is 16.7. The van der Waals surface area contributed by atoms with Crippen LogP contribution in [0.1, 0.15) is 6.42 Å². The minimum Gasteiger partial charge on any atom is -0.469 e. The fourth-order valence-electron chi connectivity index (χ4n) is 2.52. The summed E-state index contributed by atoms with van der Waals surface area (Å²) < 4.78 is 4.50. The van der Waals surface area contributed by atoms with E-state index in [-0.39, 0.29) is 18.7 Å². The summed E-state index contributed by atoms with van der Waals surface area (Å²) in [5.41, 5.74) is 0. The number of hydrogen-bond donors (Lipinski definition) is 1. The van der Waals surface area contributed by atoms with Gasteiger partial charge in [0, 0.05) is 164 Å². The highest BCUT2D eigenvalue weighted by molar-refractivity contribution is 8.03. The molecule has 2 saturated heterocycles. The second-order valence-corrected chi connectivity index (χ2v) is 10.8. The third-order valence-corrected chi connectivity index (χ3v) is 6.97. The molecule has 2 rings (SSSR count). The van der Waals surface area contributed by atoms with Crippen molar-refractivity contribution in [2.45, 2.75) is 29.4 Å². The Labute approximate surface area is 253 Å². The molecule has 2 fully saturated rings. The van der Waals surface area contributed by atoms with Crippen LogP contribution in [0, 0.1) is 0 Å². The van der Waals surface area contributed by atoms with E-state index in [4.69, 9.17) is 92.8 Å². The van der Waals surface area contributed by atoms with Gasteiger partial charge in [0.2, 0.25) is 0 Å². The van der Waals surface area contributed by atoms with E-state index in [0.717, 1.165) is 16.1 Å². The average Bonchev–Trinajstić information content (AvgIpc) is 3.72. The average molecular weight is 468 g/mol. The fourth-order valence-corrected chi connectivity index (χ4v) is 3.75. The van der Waals surface area contributed by atoms with Crippen LogP contribution in [-0.2, 0) is 9.53 Å². The normalized spacial score (nSPS) is 15.3. The summed E-state index contributed by atoms with van der Waals surface area (Å²) in [6, 6.07) is 0. The molecule has 0 aromatic carbocycles. The van der Waals surface area contributed by atoms with Crippen LogP contribution in [0.4, 0.5) is 0 Å². The van der Waals surface area contributed by atoms with E-state index in [2.05, 4.69) is 17.4 Å². The summed E-state index contributed by atoms with van der Waals surface area (Å²) in [5.74, 6) is 0.838. The molecule has 0 spiro atoms. The zero-order valence-corrected chi connectivity index (χ0v) is 23.0. The molecule has 36 heavy (non-hydrogen) atoms. The number of rotatable bonds is 12. The van der Waals surface area contributed by atoms with Gasteiger partial charge in [0.25, 0.3) is 0 Å². The van der Waals surface area contributed by atoms with Crippen molar-refractivity contribution in [2.24, 2.45) is 0 Å². The lowest BCUT2D eigenvalue weighted by molar-refractivity contribution is -0.140. The van der Waals surface area contributed by atoms with E-state index in [0.29, 0.717) is 6.42 Å². The maximum Gasteiger partial charge on any atom is 0.306 e. The van der Waals surface area contributed by atoms with E-state index in [1.807, 2.05) is 11.8 Å². The molecule has 2 aliphatic rings. The minimum atomic E-state index is -0.648. The molecule has 2 atom stereocenters. The van der Waals surface area contributed by atoms with Gasteiger partial charge in [0.1, 0.15) is 14.6 Å². The van der Waals surface area contributed by atoms with Gasteiger partial charge in [0.15, 0.2) is 0 Å². The first-order valence-electron chi connectivity index (χ1n) is 11.8. The number of carbonyl (C=O) groups is 1. The van der Waals surface area contributed by atoms with Gasteiger partial charge in [-0.3, -0.25) is 4.79 Å². The lowest BCUT2D eigenvalue weighted by atomic mass is 8.56. The van der Waals surface area contributed by atoms with Crippen LogP contribution in [0.5, 0.6) is 0 Å². The van der Waals surface area contributed by atoms with Gasteiger partial charge in [-0.1, -0.05) is 12.6 Å². The number of methoxy groups -OCH3 is 1. The summed E-state index contributed by atoms with van der Waals surface area (Å²) >= 11 is 5.96. The van der Waals surface area contributed by atoms with E-state index in [9.17, 15) is 4.79 Å². The van der Waals surface area contributed by atoms with Gasteiger partial charge in [-0.15, -0.1) is 0 Å². The number of esters is 1. The molecule has 2 heterocycles. The zero-order valence-electron chi connectivity index (χ0n) is 21.3. The third kappa shape index (κ3) is 22.5. The highest BCUT2D eigenvalue weighted by atomic mass is 32.2. The Kier molecular flexibility index (Phi) is 26.0. The van der Waals surface area contributed by atoms with Crippen LogP contribution < -0.4 is 0 Å². The molecular weight excluding hydrogens is 452 g/mol. The second kappa shape index (κ2) is 23.4. The SMILES string of the molecule is COC(=O)CCSC1BC1.SC1BC1.[B][B]B([B])B(B([B])[B])B([B])[B].[B][B]B([B])B(B([B])[B])B([B])[B]. The molecule has 0 N–H and O–H groups in total. The van der Waals surface area contributed by atoms with Crippen LogP contribution >= 0.6 is 24.4 Å². The molecule has 0 aromatic rings. The monoisotopic (exact) mass is 472 g/mol. The summed E-state index contributed by atoms with van der Waals surface area (Å²) in [7, 11) is 71.1. The molecule has 2 aliphatic heterocycles. The molecule has 26 radical (unpaired) electrons. The van der Waals surface area contributed by atoms with Gasteiger partial charge in [-0.05, 0) is 10.3 Å². The Hall–Kier alpha value is 1.73. The van der Waals surface area contributed by atoms with E-state index >= 15 is 0 Å². The van der Waals surface area contributed by atoms with E-state index in [1.54, 1.807) is 0 Å². The van der Waals surface area contributed by atoms with Crippen LogP contribution in [0.3, 0.4) is 0 Å². The van der Waals surface area contributed by atoms with Crippen molar-refractivity contribution < 1.29 is 9.53 Å². The van der Waals surface area contributed by atoms with Crippen molar-refractivity contribution in [3.8, 4) is 0 Å². The predicted molar refractivity (Wildman–Crippen MR) is 196 cm³/mol. The van der Waals surface area contributed by atoms with E-state index < -0.39 is 38.3 Å². The van der Waals surface area contributed by atoms with Crippen LogP contribution in [0.25, 0.3) is 0 Å². The molecular formula is C8H16B24O2S2. The Morgan fingerprint density at radius 3 is 1.36 bits per heavy atom. The lowest BCUT2D eigenvalue weighted by Gasteiger charge is -2.25. The molecule has 0 aliphatic carbocycles. The molecule has 0 saturated carbocycles. The maximum atomic E-state index is 10.6. The summed E-state index contributed by atoms with van der Waals surface area (Å²) in [6.07, 6.45) is -1.04. The van der Waals surface area contributed by atoms with Crippen molar-refractivity contribution in [1.29, 1.82) is 0 Å².